The Kier molecular flexibility index (Phi) is 9.19. The second-order valence-electron chi connectivity index (χ2n) is 2.10. The van der Waals surface area contributed by atoms with Crippen molar-refractivity contribution >= 4 is 13.8 Å². The molecule has 0 fully saturated rings. The zero-order valence-electron chi connectivity index (χ0n) is 7.78. The number of rotatable bonds is 1. The average molecular weight is 239 g/mol. The molecule has 1 aromatic rings. The molecule has 78 valence electrons. The number of phosphoric acid groups is 1. The van der Waals surface area contributed by atoms with E-state index >= 15 is 0 Å². The maximum absolute atomic E-state index is 10.1. The van der Waals surface area contributed by atoms with Gasteiger partial charge in [-0.1, -0.05) is 30.3 Å². The Labute approximate surface area is 108 Å². The van der Waals surface area contributed by atoms with Crippen LogP contribution in [0.3, 0.4) is 0 Å². The van der Waals surface area contributed by atoms with Gasteiger partial charge < -0.3 is 29.1 Å². The molecule has 6 nitrogen and oxygen atoms in total. The number of carbonyl (C=O) groups is 1. The van der Waals surface area contributed by atoms with Crippen molar-refractivity contribution in [1.29, 1.82) is 0 Å². The summed E-state index contributed by atoms with van der Waals surface area (Å²) in [5, 5.41) is 10.1. The van der Waals surface area contributed by atoms with Crippen LogP contribution in [0.1, 0.15) is 10.4 Å². The minimum absolute atomic E-state index is 0. The SMILES string of the molecule is O=C([O-])c1ccccc1.O=P([O-])([O-])[O-].[Na+]. The van der Waals surface area contributed by atoms with Gasteiger partial charge in [0.1, 0.15) is 0 Å². The van der Waals surface area contributed by atoms with Gasteiger partial charge in [-0.25, -0.2) is 0 Å². The summed E-state index contributed by atoms with van der Waals surface area (Å²) >= 11 is 0. The molecule has 0 saturated carbocycles. The van der Waals surface area contributed by atoms with Gasteiger partial charge in [-0.15, -0.1) is 0 Å². The van der Waals surface area contributed by atoms with E-state index in [2.05, 4.69) is 0 Å². The van der Waals surface area contributed by atoms with Crippen LogP contribution in [-0.2, 0) is 4.57 Å². The first-order chi connectivity index (χ1) is 6.30. The van der Waals surface area contributed by atoms with Crippen molar-refractivity contribution < 1.29 is 58.7 Å². The number of benzene rings is 1. The topological polar surface area (TPSA) is 126 Å². The predicted octanol–water partition coefficient (Wildman–Crippen LogP) is -5.77. The second kappa shape index (κ2) is 8.01. The summed E-state index contributed by atoms with van der Waals surface area (Å²) in [5.41, 5.74) is 0.220. The maximum atomic E-state index is 10.1. The Hall–Kier alpha value is -0.200. The van der Waals surface area contributed by atoms with Crippen LogP contribution in [-0.4, -0.2) is 5.97 Å². The van der Waals surface area contributed by atoms with Crippen LogP contribution in [0.4, 0.5) is 0 Å². The Morgan fingerprint density at radius 2 is 1.40 bits per heavy atom. The van der Waals surface area contributed by atoms with Crippen molar-refractivity contribution in [3.05, 3.63) is 35.9 Å². The molecule has 0 unspecified atom stereocenters. The first-order valence-corrected chi connectivity index (χ1v) is 4.76. The van der Waals surface area contributed by atoms with Crippen LogP contribution in [0.15, 0.2) is 30.3 Å². The van der Waals surface area contributed by atoms with Gasteiger partial charge >= 0.3 is 29.6 Å². The van der Waals surface area contributed by atoms with Crippen molar-refractivity contribution in [2.75, 3.05) is 0 Å². The van der Waals surface area contributed by atoms with Gasteiger partial charge in [0, 0.05) is 0 Å². The van der Waals surface area contributed by atoms with Crippen LogP contribution in [0.2, 0.25) is 0 Å². The van der Waals surface area contributed by atoms with E-state index in [1.165, 1.54) is 12.1 Å². The third-order valence-corrected chi connectivity index (χ3v) is 1.01. The van der Waals surface area contributed by atoms with Gasteiger partial charge in [0.2, 0.25) is 0 Å². The van der Waals surface area contributed by atoms with Crippen molar-refractivity contribution in [2.24, 2.45) is 0 Å². The van der Waals surface area contributed by atoms with E-state index in [9.17, 15) is 9.90 Å². The van der Waals surface area contributed by atoms with Crippen molar-refractivity contribution in [1.82, 2.24) is 0 Å². The molecule has 0 radical (unpaired) electrons. The largest absolute Gasteiger partial charge is 1.00 e. The molecule has 0 bridgehead atoms. The standard InChI is InChI=1S/C7H6O2.Na.H3O4P/c8-7(9)6-4-2-1-3-5-6;;1-5(2,3)4/h1-5H,(H,8,9);;(H3,1,2,3,4)/q;+1;/p-4. The summed E-state index contributed by atoms with van der Waals surface area (Å²) in [6.07, 6.45) is 0. The van der Waals surface area contributed by atoms with Crippen molar-refractivity contribution in [2.45, 2.75) is 0 Å². The summed E-state index contributed by atoms with van der Waals surface area (Å²) in [4.78, 5) is 35.7. The zero-order chi connectivity index (χ0) is 11.2. The number of carboxylic acids is 1. The van der Waals surface area contributed by atoms with Gasteiger partial charge in [-0.05, 0) is 5.56 Å². The monoisotopic (exact) mass is 239 g/mol. The Morgan fingerprint density at radius 1 is 1.07 bits per heavy atom. The number of hydrogen-bond acceptors (Lipinski definition) is 6. The van der Waals surface area contributed by atoms with Crippen LogP contribution in [0, 0.1) is 0 Å². The predicted molar refractivity (Wildman–Crippen MR) is 38.4 cm³/mol. The molecule has 15 heavy (non-hydrogen) atoms. The van der Waals surface area contributed by atoms with E-state index in [4.69, 9.17) is 19.2 Å². The molecule has 0 atom stereocenters. The smallest absolute Gasteiger partial charge is 0.822 e. The van der Waals surface area contributed by atoms with E-state index in [1.54, 1.807) is 18.2 Å². The molecule has 0 amide bonds. The van der Waals surface area contributed by atoms with E-state index in [0.29, 0.717) is 0 Å². The van der Waals surface area contributed by atoms with Crippen LogP contribution in [0.5, 0.6) is 0 Å². The molecule has 0 heterocycles. The van der Waals surface area contributed by atoms with Crippen LogP contribution in [0.25, 0.3) is 0 Å². The number of carboxylic acid groups (broad SMARTS) is 1. The first kappa shape index (κ1) is 17.2. The summed E-state index contributed by atoms with van der Waals surface area (Å²) in [7, 11) is -5.39. The average Bonchev–Trinajstić information content (AvgIpc) is 2.03. The second-order valence-corrected chi connectivity index (χ2v) is 3.00. The van der Waals surface area contributed by atoms with E-state index in [0.717, 1.165) is 0 Å². The van der Waals surface area contributed by atoms with Crippen LogP contribution < -0.4 is 49.3 Å². The molecule has 1 aromatic carbocycles. The van der Waals surface area contributed by atoms with Crippen molar-refractivity contribution in [3.63, 3.8) is 0 Å². The summed E-state index contributed by atoms with van der Waals surface area (Å²) in [6, 6.07) is 8.06. The quantitative estimate of drug-likeness (QED) is 0.355. The fourth-order valence-electron chi connectivity index (χ4n) is 0.574. The normalized spacial score (nSPS) is 9.27. The summed E-state index contributed by atoms with van der Waals surface area (Å²) < 4.78 is 8.55. The maximum Gasteiger partial charge on any atom is 1.00 e. The van der Waals surface area contributed by atoms with Crippen molar-refractivity contribution in [3.8, 4) is 0 Å². The van der Waals surface area contributed by atoms with Gasteiger partial charge in [0.05, 0.1) is 5.97 Å². The van der Waals surface area contributed by atoms with Gasteiger partial charge in [0.15, 0.2) is 0 Å². The molecule has 0 aliphatic heterocycles. The molecule has 0 aliphatic carbocycles. The van der Waals surface area contributed by atoms with Gasteiger partial charge in [-0.3, -0.25) is 0 Å². The molecular weight excluding hydrogens is 234 g/mol. The fraction of sp³-hybridized carbons (Fsp3) is 0. The number of hydrogen-bond donors (Lipinski definition) is 0. The van der Waals surface area contributed by atoms with Gasteiger partial charge in [-0.2, -0.15) is 7.82 Å². The zero-order valence-corrected chi connectivity index (χ0v) is 10.7. The molecule has 0 aromatic heterocycles. The number of aromatic carboxylic acids is 1. The third kappa shape index (κ3) is 13.8. The minimum Gasteiger partial charge on any atom is -0.822 e. The first-order valence-electron chi connectivity index (χ1n) is 3.30. The van der Waals surface area contributed by atoms with E-state index in [-0.39, 0.29) is 35.1 Å². The van der Waals surface area contributed by atoms with Gasteiger partial charge in [0.25, 0.3) is 0 Å². The molecule has 0 saturated heterocycles. The Balaban J connectivity index is 0. The Bertz CT molecular complexity index is 326. The molecule has 0 N–H and O–H groups in total. The number of carbonyl (C=O) groups excluding carboxylic acids is 1. The summed E-state index contributed by atoms with van der Waals surface area (Å²) in [5.74, 6) is -1.13. The van der Waals surface area contributed by atoms with E-state index < -0.39 is 13.8 Å². The third-order valence-electron chi connectivity index (χ3n) is 1.01. The van der Waals surface area contributed by atoms with Crippen LogP contribution >= 0.6 is 7.82 Å². The fourth-order valence-corrected chi connectivity index (χ4v) is 0.574. The minimum atomic E-state index is -5.39. The molecular formula is C7H5NaO6P-3. The van der Waals surface area contributed by atoms with E-state index in [1.807, 2.05) is 0 Å². The Morgan fingerprint density at radius 3 is 1.60 bits per heavy atom. The summed E-state index contributed by atoms with van der Waals surface area (Å²) in [6.45, 7) is 0. The molecule has 0 spiro atoms. The molecule has 0 aliphatic rings. The molecule has 1 rings (SSSR count). The molecule has 8 heteroatoms.